The maximum atomic E-state index is 11.9. The van der Waals surface area contributed by atoms with Crippen molar-refractivity contribution in [2.45, 2.75) is 20.0 Å². The molecule has 0 saturated carbocycles. The lowest BCUT2D eigenvalue weighted by atomic mass is 10.1. The molecule has 0 radical (unpaired) electrons. The third kappa shape index (κ3) is 4.27. The van der Waals surface area contributed by atoms with Gasteiger partial charge >= 0.3 is 12.0 Å². The number of amides is 3. The second-order valence-electron chi connectivity index (χ2n) is 4.25. The number of ether oxygens (including phenoxy) is 1. The van der Waals surface area contributed by atoms with Gasteiger partial charge in [0.2, 0.25) is 0 Å². The molecule has 3 amide bonds. The Bertz CT molecular complexity index is 522. The lowest BCUT2D eigenvalue weighted by Gasteiger charge is -2.13. The predicted molar refractivity (Wildman–Crippen MR) is 73.1 cm³/mol. The number of urea groups is 1. The minimum Gasteiger partial charge on any atom is -0.449 e. The number of anilines is 1. The molecule has 108 valence electrons. The Kier molecular flexibility index (Phi) is 5.08. The quantitative estimate of drug-likeness (QED) is 0.553. The molecule has 1 aromatic carbocycles. The van der Waals surface area contributed by atoms with Crippen molar-refractivity contribution in [2.24, 2.45) is 0 Å². The van der Waals surface area contributed by atoms with E-state index >= 15 is 0 Å². The number of carbonyl (C=O) groups excluding carboxylic acids is 3. The van der Waals surface area contributed by atoms with Crippen molar-refractivity contribution < 1.29 is 19.1 Å². The molecule has 1 aromatic rings. The summed E-state index contributed by atoms with van der Waals surface area (Å²) in [6.45, 7) is 3.16. The highest BCUT2D eigenvalue weighted by molar-refractivity contribution is 5.98. The average molecular weight is 279 g/mol. The Balaban J connectivity index is 2.70. The van der Waals surface area contributed by atoms with Gasteiger partial charge < -0.3 is 15.8 Å². The van der Waals surface area contributed by atoms with Gasteiger partial charge in [-0.05, 0) is 37.6 Å². The van der Waals surface area contributed by atoms with E-state index in [4.69, 9.17) is 10.5 Å². The minimum atomic E-state index is -1.10. The van der Waals surface area contributed by atoms with E-state index in [0.717, 1.165) is 5.56 Å². The molecule has 0 aliphatic carbocycles. The summed E-state index contributed by atoms with van der Waals surface area (Å²) < 4.78 is 4.97. The van der Waals surface area contributed by atoms with Crippen LogP contribution in [0.2, 0.25) is 0 Å². The van der Waals surface area contributed by atoms with Crippen LogP contribution in [0.3, 0.4) is 0 Å². The van der Waals surface area contributed by atoms with Gasteiger partial charge in [0.25, 0.3) is 5.91 Å². The number of aryl methyl sites for hydroxylation is 1. The maximum Gasteiger partial charge on any atom is 0.338 e. The van der Waals surface area contributed by atoms with Gasteiger partial charge in [0, 0.05) is 12.7 Å². The zero-order valence-electron chi connectivity index (χ0n) is 11.5. The molecule has 0 bridgehead atoms. The van der Waals surface area contributed by atoms with Crippen LogP contribution in [-0.4, -0.2) is 31.1 Å². The Morgan fingerprint density at radius 2 is 1.90 bits per heavy atom. The van der Waals surface area contributed by atoms with E-state index in [1.165, 1.54) is 20.0 Å². The fourth-order valence-corrected chi connectivity index (χ4v) is 1.49. The van der Waals surface area contributed by atoms with E-state index < -0.39 is 24.0 Å². The molecule has 0 saturated heterocycles. The number of carbonyl (C=O) groups is 3. The molecule has 0 heterocycles. The number of benzene rings is 1. The maximum absolute atomic E-state index is 11.9. The van der Waals surface area contributed by atoms with Gasteiger partial charge in [0.15, 0.2) is 6.10 Å². The number of imide groups is 1. The zero-order valence-corrected chi connectivity index (χ0v) is 11.5. The van der Waals surface area contributed by atoms with E-state index in [0.29, 0.717) is 5.69 Å². The van der Waals surface area contributed by atoms with Crippen molar-refractivity contribution in [2.75, 3.05) is 12.8 Å². The third-order valence-electron chi connectivity index (χ3n) is 2.45. The van der Waals surface area contributed by atoms with Crippen LogP contribution in [0.25, 0.3) is 0 Å². The second kappa shape index (κ2) is 6.55. The fraction of sp³-hybridized carbons (Fsp3) is 0.308. The van der Waals surface area contributed by atoms with Crippen LogP contribution in [0, 0.1) is 6.92 Å². The van der Waals surface area contributed by atoms with Crippen LogP contribution in [0.15, 0.2) is 18.2 Å². The second-order valence-corrected chi connectivity index (χ2v) is 4.25. The third-order valence-corrected chi connectivity index (χ3v) is 2.45. The summed E-state index contributed by atoms with van der Waals surface area (Å²) in [5.41, 5.74) is 7.12. The SMILES string of the molecule is CNC(=O)NC(=O)C(C)OC(=O)c1cc(C)cc(N)c1. The van der Waals surface area contributed by atoms with Crippen LogP contribution < -0.4 is 16.4 Å². The lowest BCUT2D eigenvalue weighted by Crippen LogP contribution is -2.43. The first-order valence-corrected chi connectivity index (χ1v) is 5.94. The molecular weight excluding hydrogens is 262 g/mol. The van der Waals surface area contributed by atoms with Crippen molar-refractivity contribution in [1.29, 1.82) is 0 Å². The van der Waals surface area contributed by atoms with Crippen LogP contribution in [-0.2, 0) is 9.53 Å². The summed E-state index contributed by atoms with van der Waals surface area (Å²) in [5.74, 6) is -1.39. The van der Waals surface area contributed by atoms with Gasteiger partial charge in [-0.1, -0.05) is 0 Å². The van der Waals surface area contributed by atoms with Crippen molar-refractivity contribution >= 4 is 23.6 Å². The molecule has 4 N–H and O–H groups in total. The van der Waals surface area contributed by atoms with Gasteiger partial charge in [-0.3, -0.25) is 10.1 Å². The minimum absolute atomic E-state index is 0.252. The van der Waals surface area contributed by atoms with Crippen molar-refractivity contribution in [3.8, 4) is 0 Å². The van der Waals surface area contributed by atoms with Crippen LogP contribution in [0.1, 0.15) is 22.8 Å². The number of hydrogen-bond acceptors (Lipinski definition) is 5. The molecule has 1 atom stereocenters. The fourth-order valence-electron chi connectivity index (χ4n) is 1.49. The molecule has 20 heavy (non-hydrogen) atoms. The smallest absolute Gasteiger partial charge is 0.338 e. The van der Waals surface area contributed by atoms with E-state index in [2.05, 4.69) is 5.32 Å². The summed E-state index contributed by atoms with van der Waals surface area (Å²) in [6, 6.07) is 4.09. The zero-order chi connectivity index (χ0) is 15.3. The Morgan fingerprint density at radius 1 is 1.25 bits per heavy atom. The molecule has 0 aliphatic rings. The van der Waals surface area contributed by atoms with E-state index in [1.54, 1.807) is 19.1 Å². The van der Waals surface area contributed by atoms with Gasteiger partial charge in [-0.25, -0.2) is 9.59 Å². The monoisotopic (exact) mass is 279 g/mol. The summed E-state index contributed by atoms with van der Waals surface area (Å²) in [4.78, 5) is 34.4. The Hall–Kier alpha value is -2.57. The average Bonchev–Trinajstić information content (AvgIpc) is 2.37. The highest BCUT2D eigenvalue weighted by Crippen LogP contribution is 2.13. The number of nitrogen functional groups attached to an aromatic ring is 1. The first kappa shape index (κ1) is 15.5. The molecular formula is C13H17N3O4. The van der Waals surface area contributed by atoms with E-state index in [1.807, 2.05) is 5.32 Å². The van der Waals surface area contributed by atoms with Gasteiger partial charge in [-0.15, -0.1) is 0 Å². The first-order chi connectivity index (χ1) is 9.33. The number of nitrogens with two attached hydrogens (primary N) is 1. The van der Waals surface area contributed by atoms with Crippen molar-refractivity contribution in [1.82, 2.24) is 10.6 Å². The number of nitrogens with one attached hydrogen (secondary N) is 2. The highest BCUT2D eigenvalue weighted by Gasteiger charge is 2.20. The molecule has 0 aliphatic heterocycles. The van der Waals surface area contributed by atoms with Crippen molar-refractivity contribution in [3.63, 3.8) is 0 Å². The van der Waals surface area contributed by atoms with Gasteiger partial charge in [0.05, 0.1) is 5.56 Å². The first-order valence-electron chi connectivity index (χ1n) is 5.94. The molecule has 0 aromatic heterocycles. The standard InChI is InChI=1S/C13H17N3O4/c1-7-4-9(6-10(14)5-7)12(18)20-8(2)11(17)16-13(19)15-3/h4-6,8H,14H2,1-3H3,(H2,15,16,17,19). The Morgan fingerprint density at radius 3 is 2.45 bits per heavy atom. The topological polar surface area (TPSA) is 111 Å². The summed E-state index contributed by atoms with van der Waals surface area (Å²) >= 11 is 0. The number of esters is 1. The van der Waals surface area contributed by atoms with E-state index in [9.17, 15) is 14.4 Å². The lowest BCUT2D eigenvalue weighted by molar-refractivity contribution is -0.127. The van der Waals surface area contributed by atoms with Gasteiger partial charge in [0.1, 0.15) is 0 Å². The van der Waals surface area contributed by atoms with Crippen molar-refractivity contribution in [3.05, 3.63) is 29.3 Å². The normalized spacial score (nSPS) is 11.3. The van der Waals surface area contributed by atoms with Crippen LogP contribution in [0.5, 0.6) is 0 Å². The largest absolute Gasteiger partial charge is 0.449 e. The summed E-state index contributed by atoms with van der Waals surface area (Å²) in [7, 11) is 1.37. The van der Waals surface area contributed by atoms with Crippen LogP contribution in [0.4, 0.5) is 10.5 Å². The molecule has 1 unspecified atom stereocenters. The van der Waals surface area contributed by atoms with Gasteiger partial charge in [-0.2, -0.15) is 0 Å². The summed E-state index contributed by atoms with van der Waals surface area (Å²) in [5, 5.41) is 4.24. The van der Waals surface area contributed by atoms with E-state index in [-0.39, 0.29) is 5.56 Å². The highest BCUT2D eigenvalue weighted by atomic mass is 16.5. The summed E-state index contributed by atoms with van der Waals surface area (Å²) in [6.07, 6.45) is -1.10. The predicted octanol–water partition coefficient (Wildman–Crippen LogP) is 0.578. The number of rotatable bonds is 3. The molecule has 1 rings (SSSR count). The molecule has 0 fully saturated rings. The molecule has 7 nitrogen and oxygen atoms in total. The molecule has 7 heteroatoms. The molecule has 0 spiro atoms. The Labute approximate surface area is 116 Å². The van der Waals surface area contributed by atoms with Crippen LogP contribution >= 0.6 is 0 Å². The number of hydrogen-bond donors (Lipinski definition) is 3.